The van der Waals surface area contributed by atoms with Gasteiger partial charge in [-0.15, -0.1) is 0 Å². The van der Waals surface area contributed by atoms with Crippen molar-refractivity contribution in [2.24, 2.45) is 0 Å². The zero-order chi connectivity index (χ0) is 16.3. The van der Waals surface area contributed by atoms with Crippen LogP contribution in [-0.2, 0) is 16.6 Å². The van der Waals surface area contributed by atoms with Crippen LogP contribution in [0.25, 0.3) is 0 Å². The number of hydrogen-bond donors (Lipinski definition) is 2. The lowest BCUT2D eigenvalue weighted by atomic mass is 10.0. The van der Waals surface area contributed by atoms with Crippen LogP contribution in [0.1, 0.15) is 46.6 Å². The first-order valence-corrected chi connectivity index (χ1v) is 8.99. The van der Waals surface area contributed by atoms with E-state index in [-0.39, 0.29) is 4.90 Å². The van der Waals surface area contributed by atoms with Gasteiger partial charge >= 0.3 is 0 Å². The van der Waals surface area contributed by atoms with Gasteiger partial charge in [0.1, 0.15) is 0 Å². The molecule has 0 saturated carbocycles. The second-order valence-electron chi connectivity index (χ2n) is 6.13. The molecular formula is C15H25ClN2O2S. The van der Waals surface area contributed by atoms with Gasteiger partial charge in [-0.3, -0.25) is 0 Å². The molecule has 1 rings (SSSR count). The topological polar surface area (TPSA) is 58.2 Å². The van der Waals surface area contributed by atoms with Crippen LogP contribution in [0.4, 0.5) is 0 Å². The van der Waals surface area contributed by atoms with Gasteiger partial charge in [0, 0.05) is 23.1 Å². The summed E-state index contributed by atoms with van der Waals surface area (Å²) in [6.07, 6.45) is 0.710. The fourth-order valence-electron chi connectivity index (χ4n) is 1.66. The van der Waals surface area contributed by atoms with E-state index in [4.69, 9.17) is 11.6 Å². The zero-order valence-electron chi connectivity index (χ0n) is 13.3. The van der Waals surface area contributed by atoms with Gasteiger partial charge in [-0.1, -0.05) is 32.4 Å². The van der Waals surface area contributed by atoms with E-state index in [9.17, 15) is 8.42 Å². The molecule has 1 aromatic carbocycles. The highest BCUT2D eigenvalue weighted by atomic mass is 35.5. The summed E-state index contributed by atoms with van der Waals surface area (Å²) in [5, 5.41) is 3.81. The fraction of sp³-hybridized carbons (Fsp3) is 0.600. The first kappa shape index (κ1) is 18.4. The van der Waals surface area contributed by atoms with Crippen molar-refractivity contribution >= 4 is 21.6 Å². The molecule has 0 fully saturated rings. The highest BCUT2D eigenvalue weighted by Gasteiger charge is 2.25. The van der Waals surface area contributed by atoms with Gasteiger partial charge in [-0.2, -0.15) is 0 Å². The molecule has 0 spiro atoms. The molecule has 0 aromatic heterocycles. The summed E-state index contributed by atoms with van der Waals surface area (Å²) in [5.41, 5.74) is 0.303. The Hall–Kier alpha value is -0.620. The largest absolute Gasteiger partial charge is 0.310 e. The minimum atomic E-state index is -3.54. The van der Waals surface area contributed by atoms with Gasteiger partial charge in [0.05, 0.1) is 4.90 Å². The lowest BCUT2D eigenvalue weighted by molar-refractivity contribution is 0.439. The first-order valence-electron chi connectivity index (χ1n) is 7.13. The van der Waals surface area contributed by atoms with Crippen LogP contribution in [0.3, 0.4) is 0 Å². The normalized spacial score (nSPS) is 12.9. The van der Waals surface area contributed by atoms with E-state index in [2.05, 4.69) is 10.0 Å². The Morgan fingerprint density at radius 3 is 2.43 bits per heavy atom. The predicted octanol–water partition coefficient (Wildman–Crippen LogP) is 3.30. The van der Waals surface area contributed by atoms with Crippen molar-refractivity contribution in [1.82, 2.24) is 10.0 Å². The SMILES string of the molecule is CCC(C)(C)NS(=O)(=O)c1ccc(Cl)c(CNC(C)C)c1. The van der Waals surface area contributed by atoms with E-state index in [1.807, 2.05) is 34.6 Å². The number of halogens is 1. The highest BCUT2D eigenvalue weighted by Crippen LogP contribution is 2.22. The number of rotatable bonds is 7. The molecule has 0 saturated heterocycles. The Morgan fingerprint density at radius 2 is 1.90 bits per heavy atom. The molecule has 0 aliphatic carbocycles. The van der Waals surface area contributed by atoms with Crippen LogP contribution in [0.5, 0.6) is 0 Å². The molecule has 2 N–H and O–H groups in total. The summed E-state index contributed by atoms with van der Waals surface area (Å²) >= 11 is 6.13. The molecule has 1 aromatic rings. The smallest absolute Gasteiger partial charge is 0.241 e. The third kappa shape index (κ3) is 5.58. The Kier molecular flexibility index (Phi) is 6.23. The third-order valence-electron chi connectivity index (χ3n) is 3.32. The molecule has 4 nitrogen and oxygen atoms in total. The maximum atomic E-state index is 12.4. The first-order chi connectivity index (χ1) is 9.57. The van der Waals surface area contributed by atoms with Gasteiger partial charge in [0.25, 0.3) is 0 Å². The van der Waals surface area contributed by atoms with Crippen molar-refractivity contribution in [3.8, 4) is 0 Å². The van der Waals surface area contributed by atoms with Gasteiger partial charge in [-0.05, 0) is 44.0 Å². The molecule has 0 radical (unpaired) electrons. The minimum absolute atomic E-state index is 0.244. The molecule has 0 unspecified atom stereocenters. The fourth-order valence-corrected chi connectivity index (χ4v) is 3.38. The third-order valence-corrected chi connectivity index (χ3v) is 5.39. The number of nitrogens with one attached hydrogen (secondary N) is 2. The summed E-state index contributed by atoms with van der Waals surface area (Å²) in [6.45, 7) is 10.3. The van der Waals surface area contributed by atoms with Gasteiger partial charge < -0.3 is 5.32 Å². The van der Waals surface area contributed by atoms with E-state index in [1.165, 1.54) is 6.07 Å². The van der Waals surface area contributed by atoms with E-state index in [1.54, 1.807) is 12.1 Å². The quantitative estimate of drug-likeness (QED) is 0.805. The molecule has 0 amide bonds. The lowest BCUT2D eigenvalue weighted by Crippen LogP contribution is -2.42. The second-order valence-corrected chi connectivity index (χ2v) is 8.22. The second kappa shape index (κ2) is 7.09. The average molecular weight is 333 g/mol. The van der Waals surface area contributed by atoms with Crippen molar-refractivity contribution in [1.29, 1.82) is 0 Å². The molecule has 21 heavy (non-hydrogen) atoms. The van der Waals surface area contributed by atoms with E-state index in [0.717, 1.165) is 5.56 Å². The molecule has 0 heterocycles. The van der Waals surface area contributed by atoms with E-state index in [0.29, 0.717) is 24.0 Å². The summed E-state index contributed by atoms with van der Waals surface area (Å²) < 4.78 is 27.6. The van der Waals surface area contributed by atoms with Crippen LogP contribution in [0.2, 0.25) is 5.02 Å². The maximum Gasteiger partial charge on any atom is 0.241 e. The zero-order valence-corrected chi connectivity index (χ0v) is 14.9. The summed E-state index contributed by atoms with van der Waals surface area (Å²) in [7, 11) is -3.54. The van der Waals surface area contributed by atoms with Gasteiger partial charge in [-0.25, -0.2) is 13.1 Å². The lowest BCUT2D eigenvalue weighted by Gasteiger charge is -2.24. The van der Waals surface area contributed by atoms with Gasteiger partial charge in [0.2, 0.25) is 10.0 Å². The van der Waals surface area contributed by atoms with Crippen molar-refractivity contribution < 1.29 is 8.42 Å². The average Bonchev–Trinajstić information content (AvgIpc) is 2.36. The van der Waals surface area contributed by atoms with Crippen LogP contribution < -0.4 is 10.0 Å². The molecule has 0 aliphatic rings. The van der Waals surface area contributed by atoms with Crippen LogP contribution in [0.15, 0.2) is 23.1 Å². The van der Waals surface area contributed by atoms with E-state index >= 15 is 0 Å². The molecule has 0 atom stereocenters. The monoisotopic (exact) mass is 332 g/mol. The molecular weight excluding hydrogens is 308 g/mol. The van der Waals surface area contributed by atoms with Crippen molar-refractivity contribution in [3.63, 3.8) is 0 Å². The molecule has 0 aliphatic heterocycles. The highest BCUT2D eigenvalue weighted by molar-refractivity contribution is 7.89. The number of benzene rings is 1. The number of sulfonamides is 1. The summed E-state index contributed by atoms with van der Waals surface area (Å²) in [5.74, 6) is 0. The predicted molar refractivity (Wildman–Crippen MR) is 88.1 cm³/mol. The molecule has 0 bridgehead atoms. The van der Waals surface area contributed by atoms with Crippen LogP contribution in [0, 0.1) is 0 Å². The molecule has 120 valence electrons. The van der Waals surface area contributed by atoms with Crippen molar-refractivity contribution in [2.75, 3.05) is 0 Å². The Bertz CT molecular complexity index is 583. The van der Waals surface area contributed by atoms with Crippen molar-refractivity contribution in [3.05, 3.63) is 28.8 Å². The van der Waals surface area contributed by atoms with E-state index < -0.39 is 15.6 Å². The Balaban J connectivity index is 3.05. The summed E-state index contributed by atoms with van der Waals surface area (Å²) in [6, 6.07) is 5.10. The number of hydrogen-bond acceptors (Lipinski definition) is 3. The standard InChI is InChI=1S/C15H25ClN2O2S/c1-6-15(4,5)18-21(19,20)13-7-8-14(16)12(9-13)10-17-11(2)3/h7-9,11,17-18H,6,10H2,1-5H3. The molecule has 6 heteroatoms. The van der Waals surface area contributed by atoms with Gasteiger partial charge in [0.15, 0.2) is 0 Å². The Labute approximate surface area is 133 Å². The maximum absolute atomic E-state index is 12.4. The van der Waals surface area contributed by atoms with Crippen LogP contribution >= 0.6 is 11.6 Å². The Morgan fingerprint density at radius 1 is 1.29 bits per heavy atom. The minimum Gasteiger partial charge on any atom is -0.310 e. The summed E-state index contributed by atoms with van der Waals surface area (Å²) in [4.78, 5) is 0.244. The van der Waals surface area contributed by atoms with Crippen LogP contribution in [-0.4, -0.2) is 20.0 Å². The van der Waals surface area contributed by atoms with Crippen molar-refractivity contribution in [2.45, 2.75) is 64.1 Å².